The largest absolute Gasteiger partial charge is 0.423 e. The van der Waals surface area contributed by atoms with Gasteiger partial charge in [-0.25, -0.2) is 9.18 Å². The number of para-hydroxylation sites is 1. The maximum atomic E-state index is 14.6. The van der Waals surface area contributed by atoms with Crippen molar-refractivity contribution in [1.29, 1.82) is 0 Å². The molecule has 1 amide bonds. The number of rotatable bonds is 5. The number of likely N-dealkylation sites (tertiary alicyclic amines) is 1. The smallest absolute Gasteiger partial charge is 0.338 e. The van der Waals surface area contributed by atoms with Crippen LogP contribution in [0.3, 0.4) is 0 Å². The van der Waals surface area contributed by atoms with Gasteiger partial charge in [0.15, 0.2) is 0 Å². The zero-order valence-corrected chi connectivity index (χ0v) is 16.8. The molecular formula is C23H24FN3O3. The van der Waals surface area contributed by atoms with Gasteiger partial charge < -0.3 is 15.1 Å². The molecule has 1 atom stereocenters. The zero-order valence-electron chi connectivity index (χ0n) is 16.8. The second-order valence-electron chi connectivity index (χ2n) is 7.83. The van der Waals surface area contributed by atoms with E-state index in [4.69, 9.17) is 4.42 Å². The molecule has 0 unspecified atom stereocenters. The Morgan fingerprint density at radius 2 is 2.03 bits per heavy atom. The standard InChI is InChI=1S/C23H24FN3O3/c1-15-5-4-10-27(13-15)14-22(28)26-19-9-8-16(11-18(19)24)25-20-12-23(29)30-21-7-3-2-6-17(20)21/h2-3,6-9,11-12,15,25H,4-5,10,13-14H2,1H3,(H,26,28)/t15-/m0/s1. The molecule has 156 valence electrons. The Morgan fingerprint density at radius 1 is 1.20 bits per heavy atom. The van der Waals surface area contributed by atoms with Crippen molar-refractivity contribution in [2.45, 2.75) is 19.8 Å². The highest BCUT2D eigenvalue weighted by Crippen LogP contribution is 2.27. The Morgan fingerprint density at radius 3 is 2.83 bits per heavy atom. The number of hydrogen-bond acceptors (Lipinski definition) is 5. The maximum absolute atomic E-state index is 14.6. The quantitative estimate of drug-likeness (QED) is 0.613. The highest BCUT2D eigenvalue weighted by atomic mass is 19.1. The van der Waals surface area contributed by atoms with Gasteiger partial charge in [-0.15, -0.1) is 0 Å². The number of amides is 1. The summed E-state index contributed by atoms with van der Waals surface area (Å²) in [7, 11) is 0. The molecule has 2 heterocycles. The van der Waals surface area contributed by atoms with E-state index in [0.717, 1.165) is 19.5 Å². The van der Waals surface area contributed by atoms with E-state index in [2.05, 4.69) is 22.5 Å². The average Bonchev–Trinajstić information content (AvgIpc) is 2.70. The van der Waals surface area contributed by atoms with Gasteiger partial charge >= 0.3 is 5.63 Å². The number of anilines is 3. The maximum Gasteiger partial charge on any atom is 0.338 e. The predicted octanol–water partition coefficient (Wildman–Crippen LogP) is 4.35. The average molecular weight is 409 g/mol. The molecular weight excluding hydrogens is 385 g/mol. The van der Waals surface area contributed by atoms with Crippen molar-refractivity contribution in [3.05, 3.63) is 64.8 Å². The van der Waals surface area contributed by atoms with Crippen LogP contribution in [0.25, 0.3) is 11.0 Å². The summed E-state index contributed by atoms with van der Waals surface area (Å²) >= 11 is 0. The van der Waals surface area contributed by atoms with Gasteiger partial charge in [-0.05, 0) is 55.6 Å². The molecule has 7 heteroatoms. The molecule has 0 spiro atoms. The second kappa shape index (κ2) is 8.67. The molecule has 0 saturated carbocycles. The summed E-state index contributed by atoms with van der Waals surface area (Å²) in [6, 6.07) is 12.9. The van der Waals surface area contributed by atoms with Crippen molar-refractivity contribution < 1.29 is 13.6 Å². The molecule has 30 heavy (non-hydrogen) atoms. The lowest BCUT2D eigenvalue weighted by Crippen LogP contribution is -2.39. The summed E-state index contributed by atoms with van der Waals surface area (Å²) in [6.07, 6.45) is 2.26. The number of benzene rings is 2. The molecule has 1 aliphatic rings. The Balaban J connectivity index is 1.46. The number of carbonyl (C=O) groups excluding carboxylic acids is 1. The minimum Gasteiger partial charge on any atom is -0.423 e. The number of nitrogens with one attached hydrogen (secondary N) is 2. The molecule has 6 nitrogen and oxygen atoms in total. The summed E-state index contributed by atoms with van der Waals surface area (Å²) in [4.78, 5) is 26.2. The van der Waals surface area contributed by atoms with Crippen molar-refractivity contribution in [3.63, 3.8) is 0 Å². The molecule has 2 N–H and O–H groups in total. The minimum absolute atomic E-state index is 0.132. The summed E-state index contributed by atoms with van der Waals surface area (Å²) < 4.78 is 19.8. The third kappa shape index (κ3) is 4.68. The van der Waals surface area contributed by atoms with Crippen LogP contribution in [0.15, 0.2) is 57.7 Å². The number of hydrogen-bond donors (Lipinski definition) is 2. The molecule has 1 aromatic heterocycles. The predicted molar refractivity (Wildman–Crippen MR) is 116 cm³/mol. The lowest BCUT2D eigenvalue weighted by atomic mass is 10.0. The van der Waals surface area contributed by atoms with Crippen LogP contribution in [0.1, 0.15) is 19.8 Å². The number of halogens is 1. The Hall–Kier alpha value is -3.19. The van der Waals surface area contributed by atoms with Gasteiger partial charge in [0.1, 0.15) is 11.4 Å². The summed E-state index contributed by atoms with van der Waals surface area (Å²) in [6.45, 7) is 4.21. The van der Waals surface area contributed by atoms with Gasteiger partial charge in [-0.2, -0.15) is 0 Å². The molecule has 1 saturated heterocycles. The molecule has 0 radical (unpaired) electrons. The fraction of sp³-hybridized carbons (Fsp3) is 0.304. The van der Waals surface area contributed by atoms with Gasteiger partial charge in [-0.1, -0.05) is 19.1 Å². The number of fused-ring (bicyclic) bond motifs is 1. The molecule has 2 aromatic carbocycles. The lowest BCUT2D eigenvalue weighted by molar-refractivity contribution is -0.117. The second-order valence-corrected chi connectivity index (χ2v) is 7.83. The van der Waals surface area contributed by atoms with Crippen molar-refractivity contribution in [2.24, 2.45) is 5.92 Å². The van der Waals surface area contributed by atoms with Gasteiger partial charge in [0, 0.05) is 23.7 Å². The van der Waals surface area contributed by atoms with E-state index >= 15 is 0 Å². The van der Waals surface area contributed by atoms with Crippen LogP contribution in [-0.4, -0.2) is 30.4 Å². The van der Waals surface area contributed by atoms with Gasteiger partial charge in [-0.3, -0.25) is 9.69 Å². The first-order valence-corrected chi connectivity index (χ1v) is 10.1. The fourth-order valence-corrected chi connectivity index (χ4v) is 3.89. The lowest BCUT2D eigenvalue weighted by Gasteiger charge is -2.30. The zero-order chi connectivity index (χ0) is 21.1. The molecule has 1 fully saturated rings. The van der Waals surface area contributed by atoms with E-state index in [1.807, 2.05) is 12.1 Å². The first-order chi connectivity index (χ1) is 14.5. The summed E-state index contributed by atoms with van der Waals surface area (Å²) in [5.41, 5.74) is 1.08. The Kier molecular flexibility index (Phi) is 5.81. The SMILES string of the molecule is C[C@H]1CCCN(CC(=O)Nc2ccc(Nc3cc(=O)oc4ccccc34)cc2F)C1. The van der Waals surface area contributed by atoms with Crippen molar-refractivity contribution in [1.82, 2.24) is 4.90 Å². The normalized spacial score (nSPS) is 17.1. The molecule has 3 aromatic rings. The van der Waals surface area contributed by atoms with Gasteiger partial charge in [0.25, 0.3) is 0 Å². The monoisotopic (exact) mass is 409 g/mol. The first-order valence-electron chi connectivity index (χ1n) is 10.1. The van der Waals surface area contributed by atoms with Crippen molar-refractivity contribution in [2.75, 3.05) is 30.3 Å². The van der Waals surface area contributed by atoms with Crippen LogP contribution >= 0.6 is 0 Å². The molecule has 1 aliphatic heterocycles. The Labute approximate surface area is 173 Å². The van der Waals surface area contributed by atoms with Crippen LogP contribution in [0.2, 0.25) is 0 Å². The van der Waals surface area contributed by atoms with Crippen molar-refractivity contribution in [3.8, 4) is 0 Å². The highest BCUT2D eigenvalue weighted by Gasteiger charge is 2.19. The third-order valence-corrected chi connectivity index (χ3v) is 5.28. The van der Waals surface area contributed by atoms with E-state index in [-0.39, 0.29) is 18.1 Å². The summed E-state index contributed by atoms with van der Waals surface area (Å²) in [5.74, 6) is -0.201. The van der Waals surface area contributed by atoms with Crippen LogP contribution in [-0.2, 0) is 4.79 Å². The van der Waals surface area contributed by atoms with Crippen LogP contribution in [0.5, 0.6) is 0 Å². The molecule has 4 rings (SSSR count). The van der Waals surface area contributed by atoms with E-state index in [0.29, 0.717) is 28.3 Å². The summed E-state index contributed by atoms with van der Waals surface area (Å²) in [5, 5.41) is 6.43. The Bertz CT molecular complexity index is 1130. The highest BCUT2D eigenvalue weighted by molar-refractivity contribution is 5.93. The van der Waals surface area contributed by atoms with E-state index < -0.39 is 11.4 Å². The minimum atomic E-state index is -0.548. The molecule has 0 bridgehead atoms. The van der Waals surface area contributed by atoms with Crippen LogP contribution in [0.4, 0.5) is 21.5 Å². The van der Waals surface area contributed by atoms with Gasteiger partial charge in [0.05, 0.1) is 17.9 Å². The fourth-order valence-electron chi connectivity index (χ4n) is 3.89. The van der Waals surface area contributed by atoms with Crippen molar-refractivity contribution >= 4 is 33.9 Å². The van der Waals surface area contributed by atoms with Crippen LogP contribution in [0, 0.1) is 11.7 Å². The number of carbonyl (C=O) groups is 1. The van der Waals surface area contributed by atoms with Gasteiger partial charge in [0.2, 0.25) is 5.91 Å². The van der Waals surface area contributed by atoms with Crippen LogP contribution < -0.4 is 16.3 Å². The first kappa shape index (κ1) is 20.1. The topological polar surface area (TPSA) is 74.6 Å². The van der Waals surface area contributed by atoms with E-state index in [1.54, 1.807) is 18.2 Å². The molecule has 0 aliphatic carbocycles. The van der Waals surface area contributed by atoms with E-state index in [1.165, 1.54) is 24.6 Å². The third-order valence-electron chi connectivity index (χ3n) is 5.28. The van der Waals surface area contributed by atoms with E-state index in [9.17, 15) is 14.0 Å². The number of piperidine rings is 1. The number of nitrogens with zero attached hydrogens (tertiary/aromatic N) is 1.